The quantitative estimate of drug-likeness (QED) is 0.626. The number of carboxylic acid groups (broad SMARTS) is 1. The molecule has 0 heterocycles. The number of hydrogen-bond donors (Lipinski definition) is 1. The van der Waals surface area contributed by atoms with Gasteiger partial charge in [0.1, 0.15) is 5.78 Å². The highest BCUT2D eigenvalue weighted by Gasteiger charge is 1.98. The number of Topliss-reactive ketones (excluding diaryl/α,β-unsaturated/α-hetero) is 1. The van der Waals surface area contributed by atoms with Crippen molar-refractivity contribution in [1.82, 2.24) is 0 Å². The predicted octanol–water partition coefficient (Wildman–Crippen LogP) is 1.39. The Morgan fingerprint density at radius 3 is 2.27 bits per heavy atom. The minimum absolute atomic E-state index is 0.0828. The summed E-state index contributed by atoms with van der Waals surface area (Å²) < 4.78 is 0. The van der Waals surface area contributed by atoms with E-state index in [0.29, 0.717) is 18.4 Å². The lowest BCUT2D eigenvalue weighted by Gasteiger charge is -1.91. The Kier molecular flexibility index (Phi) is 4.18. The summed E-state index contributed by atoms with van der Waals surface area (Å²) in [5.74, 6) is -0.840. The van der Waals surface area contributed by atoms with Gasteiger partial charge in [0.05, 0.1) is 0 Å². The normalized spacial score (nSPS) is 11.3. The van der Waals surface area contributed by atoms with E-state index in [1.807, 2.05) is 0 Å². The van der Waals surface area contributed by atoms with E-state index in [0.717, 1.165) is 0 Å². The Balaban J connectivity index is 3.74. The highest BCUT2D eigenvalue weighted by Crippen LogP contribution is 1.98. The number of allylic oxidation sites excluding steroid dienone is 1. The van der Waals surface area contributed by atoms with E-state index in [-0.39, 0.29) is 5.78 Å². The minimum Gasteiger partial charge on any atom is -0.478 e. The molecule has 0 aliphatic heterocycles. The van der Waals surface area contributed by atoms with Crippen LogP contribution in [0.1, 0.15) is 26.7 Å². The van der Waals surface area contributed by atoms with Crippen LogP contribution in [-0.2, 0) is 9.59 Å². The Labute approximate surface area is 65.7 Å². The SMILES string of the molecule is CC(=O)CC/C=C(\C)C(=O)O. The zero-order valence-electron chi connectivity index (χ0n) is 6.76. The molecule has 0 unspecified atom stereocenters. The van der Waals surface area contributed by atoms with Gasteiger partial charge in [-0.25, -0.2) is 4.79 Å². The van der Waals surface area contributed by atoms with E-state index in [2.05, 4.69) is 0 Å². The average Bonchev–Trinajstić information content (AvgIpc) is 1.86. The Morgan fingerprint density at radius 1 is 1.36 bits per heavy atom. The van der Waals surface area contributed by atoms with Gasteiger partial charge in [-0.3, -0.25) is 0 Å². The molecule has 0 amide bonds. The maximum Gasteiger partial charge on any atom is 0.330 e. The highest BCUT2D eigenvalue weighted by atomic mass is 16.4. The monoisotopic (exact) mass is 156 g/mol. The van der Waals surface area contributed by atoms with Crippen LogP contribution in [0, 0.1) is 0 Å². The lowest BCUT2D eigenvalue weighted by Crippen LogP contribution is -1.96. The lowest BCUT2D eigenvalue weighted by atomic mass is 10.2. The number of aliphatic carboxylic acids is 1. The maximum absolute atomic E-state index is 10.4. The van der Waals surface area contributed by atoms with Crippen molar-refractivity contribution in [3.05, 3.63) is 11.6 Å². The first-order valence-electron chi connectivity index (χ1n) is 3.43. The van der Waals surface area contributed by atoms with E-state index >= 15 is 0 Å². The van der Waals surface area contributed by atoms with Gasteiger partial charge in [0.2, 0.25) is 0 Å². The number of ketones is 1. The van der Waals surface area contributed by atoms with Gasteiger partial charge in [-0.15, -0.1) is 0 Å². The van der Waals surface area contributed by atoms with E-state index < -0.39 is 5.97 Å². The van der Waals surface area contributed by atoms with Gasteiger partial charge in [0, 0.05) is 12.0 Å². The van der Waals surface area contributed by atoms with Crippen molar-refractivity contribution in [1.29, 1.82) is 0 Å². The van der Waals surface area contributed by atoms with Crippen molar-refractivity contribution in [2.45, 2.75) is 26.7 Å². The summed E-state index contributed by atoms with van der Waals surface area (Å²) in [6.45, 7) is 3.01. The molecule has 0 aliphatic carbocycles. The van der Waals surface area contributed by atoms with Crippen molar-refractivity contribution in [3.63, 3.8) is 0 Å². The third kappa shape index (κ3) is 5.33. The number of rotatable bonds is 4. The average molecular weight is 156 g/mol. The van der Waals surface area contributed by atoms with Crippen molar-refractivity contribution in [3.8, 4) is 0 Å². The Morgan fingerprint density at radius 2 is 1.91 bits per heavy atom. The third-order valence-corrected chi connectivity index (χ3v) is 1.28. The molecule has 0 aromatic heterocycles. The molecule has 0 atom stereocenters. The molecule has 11 heavy (non-hydrogen) atoms. The molecule has 0 fully saturated rings. The van der Waals surface area contributed by atoms with Gasteiger partial charge in [0.15, 0.2) is 0 Å². The van der Waals surface area contributed by atoms with Crippen LogP contribution in [0.2, 0.25) is 0 Å². The number of carboxylic acids is 1. The number of carbonyl (C=O) groups is 2. The van der Waals surface area contributed by atoms with E-state index in [4.69, 9.17) is 5.11 Å². The van der Waals surface area contributed by atoms with Crippen LogP contribution >= 0.6 is 0 Å². The molecule has 0 rings (SSSR count). The first-order valence-corrected chi connectivity index (χ1v) is 3.43. The van der Waals surface area contributed by atoms with Gasteiger partial charge in [-0.1, -0.05) is 6.08 Å². The molecule has 0 radical (unpaired) electrons. The fraction of sp³-hybridized carbons (Fsp3) is 0.500. The van der Waals surface area contributed by atoms with Crippen LogP contribution < -0.4 is 0 Å². The fourth-order valence-electron chi connectivity index (χ4n) is 0.579. The summed E-state index contributed by atoms with van der Waals surface area (Å²) in [5, 5.41) is 8.39. The summed E-state index contributed by atoms with van der Waals surface area (Å²) in [5.41, 5.74) is 0.297. The van der Waals surface area contributed by atoms with Crippen molar-refractivity contribution in [2.75, 3.05) is 0 Å². The molecule has 0 saturated heterocycles. The zero-order valence-corrected chi connectivity index (χ0v) is 6.76. The highest BCUT2D eigenvalue weighted by molar-refractivity contribution is 5.85. The van der Waals surface area contributed by atoms with Crippen LogP contribution in [0.25, 0.3) is 0 Å². The third-order valence-electron chi connectivity index (χ3n) is 1.28. The summed E-state index contributed by atoms with van der Waals surface area (Å²) in [4.78, 5) is 20.6. The summed E-state index contributed by atoms with van der Waals surface area (Å²) >= 11 is 0. The molecule has 1 N–H and O–H groups in total. The van der Waals surface area contributed by atoms with Gasteiger partial charge < -0.3 is 9.90 Å². The second kappa shape index (κ2) is 4.66. The van der Waals surface area contributed by atoms with Crippen LogP contribution in [0.4, 0.5) is 0 Å². The second-order valence-corrected chi connectivity index (χ2v) is 2.43. The van der Waals surface area contributed by atoms with E-state index in [1.165, 1.54) is 13.8 Å². The lowest BCUT2D eigenvalue weighted by molar-refractivity contribution is -0.132. The van der Waals surface area contributed by atoms with Crippen LogP contribution in [0.5, 0.6) is 0 Å². The fourth-order valence-corrected chi connectivity index (χ4v) is 0.579. The van der Waals surface area contributed by atoms with E-state index in [1.54, 1.807) is 6.08 Å². The molecule has 0 aromatic carbocycles. The smallest absolute Gasteiger partial charge is 0.330 e. The van der Waals surface area contributed by atoms with E-state index in [9.17, 15) is 9.59 Å². The minimum atomic E-state index is -0.923. The largest absolute Gasteiger partial charge is 0.478 e. The van der Waals surface area contributed by atoms with Crippen LogP contribution in [0.3, 0.4) is 0 Å². The first kappa shape index (κ1) is 9.88. The predicted molar refractivity (Wildman–Crippen MR) is 41.3 cm³/mol. The molecule has 3 nitrogen and oxygen atoms in total. The van der Waals surface area contributed by atoms with Gasteiger partial charge in [-0.2, -0.15) is 0 Å². The molecule has 0 bridgehead atoms. The summed E-state index contributed by atoms with van der Waals surface area (Å²) in [6, 6.07) is 0. The maximum atomic E-state index is 10.4. The molecule has 0 aliphatic rings. The topological polar surface area (TPSA) is 54.4 Å². The number of hydrogen-bond acceptors (Lipinski definition) is 2. The summed E-state index contributed by atoms with van der Waals surface area (Å²) in [7, 11) is 0. The second-order valence-electron chi connectivity index (χ2n) is 2.43. The van der Waals surface area contributed by atoms with Crippen LogP contribution in [-0.4, -0.2) is 16.9 Å². The molecule has 62 valence electrons. The van der Waals surface area contributed by atoms with Crippen molar-refractivity contribution >= 4 is 11.8 Å². The van der Waals surface area contributed by atoms with Gasteiger partial charge >= 0.3 is 5.97 Å². The summed E-state index contributed by atoms with van der Waals surface area (Å²) in [6.07, 6.45) is 2.50. The molecule has 3 heteroatoms. The molecular weight excluding hydrogens is 144 g/mol. The number of carbonyl (C=O) groups excluding carboxylic acids is 1. The van der Waals surface area contributed by atoms with Crippen molar-refractivity contribution in [2.24, 2.45) is 0 Å². The zero-order chi connectivity index (χ0) is 8.85. The van der Waals surface area contributed by atoms with Crippen LogP contribution in [0.15, 0.2) is 11.6 Å². The first-order chi connectivity index (χ1) is 5.04. The van der Waals surface area contributed by atoms with Gasteiger partial charge in [0.25, 0.3) is 0 Å². The van der Waals surface area contributed by atoms with Gasteiger partial charge in [-0.05, 0) is 20.3 Å². The standard InChI is InChI=1S/C8H12O3/c1-6(8(10)11)4-3-5-7(2)9/h4H,3,5H2,1-2H3,(H,10,11)/b6-4+. The molecule has 0 aromatic rings. The Hall–Kier alpha value is -1.12. The molecule has 0 spiro atoms. The van der Waals surface area contributed by atoms with Crippen molar-refractivity contribution < 1.29 is 14.7 Å². The Bertz CT molecular complexity index is 192. The molecule has 0 saturated carbocycles. The molecular formula is C8H12O3.